The minimum Gasteiger partial charge on any atom is -0.761 e. The van der Waals surface area contributed by atoms with Crippen LogP contribution in [0.2, 0.25) is 0 Å². The molecule has 6 atom stereocenters. The maximum atomic E-state index is 12.8. The lowest BCUT2D eigenvalue weighted by Crippen LogP contribution is -2.46. The first-order valence-electron chi connectivity index (χ1n) is 11.6. The normalized spacial score (nSPS) is 27.1. The number of nitrogens with one attached hydrogen (secondary N) is 2. The third-order valence-electron chi connectivity index (χ3n) is 6.50. The fourth-order valence-electron chi connectivity index (χ4n) is 4.58. The van der Waals surface area contributed by atoms with Crippen LogP contribution < -0.4 is 20.3 Å². The molecule has 2 amide bonds. The first kappa shape index (κ1) is 26.1. The van der Waals surface area contributed by atoms with Crippen LogP contribution in [0, 0.1) is 0 Å². The number of aliphatic hydroxyl groups excluding tert-OH is 2. The lowest BCUT2D eigenvalue weighted by molar-refractivity contribution is -0.745. The van der Waals surface area contributed by atoms with Crippen LogP contribution in [0.15, 0.2) is 29.8 Å². The van der Waals surface area contributed by atoms with E-state index in [-0.39, 0.29) is 17.1 Å². The second-order valence-electron chi connectivity index (χ2n) is 8.94. The first-order valence-corrected chi connectivity index (χ1v) is 13.1. The average Bonchev–Trinajstić information content (AvgIpc) is 3.67. The van der Waals surface area contributed by atoms with Crippen molar-refractivity contribution in [3.63, 3.8) is 0 Å². The van der Waals surface area contributed by atoms with E-state index < -0.39 is 56.5 Å². The van der Waals surface area contributed by atoms with Crippen LogP contribution in [0.1, 0.15) is 19.1 Å². The van der Waals surface area contributed by atoms with E-state index >= 15 is 0 Å². The maximum Gasteiger partial charge on any atom is 0.325 e. The molecule has 2 aliphatic heterocycles. The molecule has 0 bridgehead atoms. The van der Waals surface area contributed by atoms with Crippen LogP contribution in [-0.4, -0.2) is 88.8 Å². The van der Waals surface area contributed by atoms with E-state index in [0.717, 1.165) is 10.7 Å². The van der Waals surface area contributed by atoms with Crippen LogP contribution in [0.25, 0.3) is 11.2 Å². The molecule has 17 nitrogen and oxygen atoms in total. The topological polar surface area (TPSA) is 221 Å². The van der Waals surface area contributed by atoms with Gasteiger partial charge in [-0.25, -0.2) is 14.3 Å². The molecule has 3 aromatic rings. The van der Waals surface area contributed by atoms with Gasteiger partial charge in [0.15, 0.2) is 6.33 Å². The van der Waals surface area contributed by atoms with Gasteiger partial charge in [-0.1, -0.05) is 4.98 Å². The van der Waals surface area contributed by atoms with Crippen molar-refractivity contribution in [2.75, 3.05) is 18.5 Å². The van der Waals surface area contributed by atoms with E-state index in [1.807, 2.05) is 0 Å². The highest BCUT2D eigenvalue weighted by Gasteiger charge is 2.47. The van der Waals surface area contributed by atoms with Crippen molar-refractivity contribution >= 4 is 37.2 Å². The summed E-state index contributed by atoms with van der Waals surface area (Å²) in [5.41, 5.74) is -0.532. The number of carbonyl (C=O) groups excluding carboxylic acids is 2. The molecule has 0 aromatic carbocycles. The maximum absolute atomic E-state index is 12.8. The standard InChI is InChI=1S/C20H25N8O9P/c1-25-10-28(18-15(31)14(30)12(37-18)8-36-38(34,35)26-6-4-21-9-26)16-13(25)17(32)23-19(22-16)24-20(33)27-5-2-3-11(27)7-29/h4,6-7,9-12,14-15,18,30-31H,2-3,5,8H2,1H3,(H2-,22,23,24,32,33,34,35)/t11-,12+,14?,15-,18+/m0/s1. The molecule has 2 fully saturated rings. The molecular weight excluding hydrogens is 527 g/mol. The van der Waals surface area contributed by atoms with Crippen LogP contribution in [0.5, 0.6) is 0 Å². The van der Waals surface area contributed by atoms with Gasteiger partial charge in [-0.15, -0.1) is 0 Å². The van der Waals surface area contributed by atoms with Crippen molar-refractivity contribution in [1.82, 2.24) is 28.8 Å². The van der Waals surface area contributed by atoms with Gasteiger partial charge in [-0.2, -0.15) is 0 Å². The number of nitrogens with zero attached hydrogens (tertiary/aromatic N) is 6. The van der Waals surface area contributed by atoms with E-state index in [9.17, 15) is 34.1 Å². The Morgan fingerprint density at radius 2 is 2.24 bits per heavy atom. The Labute approximate surface area is 213 Å². The van der Waals surface area contributed by atoms with Crippen molar-refractivity contribution in [2.24, 2.45) is 7.05 Å². The molecule has 5 heterocycles. The summed E-state index contributed by atoms with van der Waals surface area (Å²) in [6.45, 7) is -0.240. The number of aliphatic hydroxyl groups is 2. The zero-order valence-electron chi connectivity index (χ0n) is 20.0. The number of aryl methyl sites for hydroxylation is 1. The Bertz CT molecular complexity index is 1460. The molecule has 5 rings (SSSR count). The number of hydrogen-bond acceptors (Lipinski definition) is 11. The third kappa shape index (κ3) is 4.63. The number of rotatable bonds is 7. The van der Waals surface area contributed by atoms with E-state index in [0.29, 0.717) is 25.7 Å². The Hall–Kier alpha value is -3.47. The van der Waals surface area contributed by atoms with Gasteiger partial charge >= 0.3 is 11.7 Å². The smallest absolute Gasteiger partial charge is 0.325 e. The van der Waals surface area contributed by atoms with Gasteiger partial charge in [0, 0.05) is 18.9 Å². The van der Waals surface area contributed by atoms with Gasteiger partial charge in [0.25, 0.3) is 11.5 Å². The summed E-state index contributed by atoms with van der Waals surface area (Å²) >= 11 is 0. The summed E-state index contributed by atoms with van der Waals surface area (Å²) in [5.74, 6) is -0.204. The summed E-state index contributed by atoms with van der Waals surface area (Å²) < 4.78 is 26.4. The van der Waals surface area contributed by atoms with Crippen molar-refractivity contribution in [3.8, 4) is 0 Å². The molecule has 0 aliphatic carbocycles. The number of anilines is 1. The quantitative estimate of drug-likeness (QED) is 0.137. The van der Waals surface area contributed by atoms with Crippen LogP contribution >= 0.6 is 7.75 Å². The number of aldehydes is 1. The minimum absolute atomic E-state index is 0.00522. The van der Waals surface area contributed by atoms with Gasteiger partial charge in [0.2, 0.25) is 19.5 Å². The first-order chi connectivity index (χ1) is 18.1. The van der Waals surface area contributed by atoms with Gasteiger partial charge in [-0.05, 0) is 12.8 Å². The van der Waals surface area contributed by atoms with E-state index in [2.05, 4.69) is 20.3 Å². The second kappa shape index (κ2) is 10.0. The third-order valence-corrected chi connectivity index (χ3v) is 7.78. The summed E-state index contributed by atoms with van der Waals surface area (Å²) in [7, 11) is -3.02. The molecule has 18 heteroatoms. The molecule has 0 spiro atoms. The number of H-pyrrole nitrogens is 1. The number of imidazole rings is 2. The number of carbonyl (C=O) groups is 2. The zero-order chi connectivity index (χ0) is 27.2. The largest absolute Gasteiger partial charge is 0.761 e. The highest BCUT2D eigenvalue weighted by molar-refractivity contribution is 7.49. The second-order valence-corrected chi connectivity index (χ2v) is 10.6. The van der Waals surface area contributed by atoms with Gasteiger partial charge in [0.05, 0.1) is 19.7 Å². The van der Waals surface area contributed by atoms with E-state index in [4.69, 9.17) is 9.26 Å². The highest BCUT2D eigenvalue weighted by Crippen LogP contribution is 2.39. The summed E-state index contributed by atoms with van der Waals surface area (Å²) in [6, 6.07) is -1.19. The zero-order valence-corrected chi connectivity index (χ0v) is 20.9. The highest BCUT2D eigenvalue weighted by atomic mass is 31.2. The molecule has 2 saturated heterocycles. The van der Waals surface area contributed by atoms with Crippen LogP contribution in [0.4, 0.5) is 10.7 Å². The number of amides is 2. The monoisotopic (exact) mass is 552 g/mol. The predicted molar refractivity (Wildman–Crippen MR) is 123 cm³/mol. The Morgan fingerprint density at radius 3 is 2.95 bits per heavy atom. The summed E-state index contributed by atoms with van der Waals surface area (Å²) in [5, 5.41) is 23.7. The minimum atomic E-state index is -4.57. The van der Waals surface area contributed by atoms with Crippen molar-refractivity contribution in [3.05, 3.63) is 35.4 Å². The molecule has 38 heavy (non-hydrogen) atoms. The number of likely N-dealkylation sites (tertiary alicyclic amines) is 1. The van der Waals surface area contributed by atoms with Crippen molar-refractivity contribution in [2.45, 2.75) is 43.4 Å². The molecule has 3 aromatic heterocycles. The molecule has 204 valence electrons. The lowest BCUT2D eigenvalue weighted by atomic mass is 10.1. The van der Waals surface area contributed by atoms with E-state index in [1.165, 1.54) is 32.8 Å². The molecule has 0 saturated carbocycles. The fourth-order valence-corrected chi connectivity index (χ4v) is 5.46. The molecule has 2 aliphatic rings. The van der Waals surface area contributed by atoms with Gasteiger partial charge < -0.3 is 34.1 Å². The van der Waals surface area contributed by atoms with Crippen LogP contribution in [-0.2, 0) is 25.7 Å². The average molecular weight is 552 g/mol. The molecular formula is C20H25N8O9P. The Morgan fingerprint density at radius 1 is 1.45 bits per heavy atom. The van der Waals surface area contributed by atoms with Gasteiger partial charge in [0.1, 0.15) is 30.9 Å². The number of fused-ring (bicyclic) bond motifs is 1. The Kier molecular flexibility index (Phi) is 6.89. The van der Waals surface area contributed by atoms with Crippen LogP contribution in [0.3, 0.4) is 0 Å². The number of urea groups is 1. The number of ether oxygens (including phenoxy) is 1. The number of aromatic amines is 1. The summed E-state index contributed by atoms with van der Waals surface area (Å²) in [4.78, 5) is 60.7. The number of aromatic nitrogens is 6. The summed E-state index contributed by atoms with van der Waals surface area (Å²) in [6.07, 6.45) is 1.12. The van der Waals surface area contributed by atoms with Gasteiger partial charge in [-0.3, -0.25) is 28.6 Å². The SMILES string of the molecule is Cn1c[n+]([C@@H]2O[C@H](COP(=O)([O-])n3ccnc3)C(O)[C@@H]2O)c2nc(NC(=O)N3CCC[C@H]3C=O)[nH]c(=O)c21. The Balaban J connectivity index is 1.39. The number of hydrogen-bond donors (Lipinski definition) is 4. The van der Waals surface area contributed by atoms with E-state index in [1.54, 1.807) is 7.05 Å². The lowest BCUT2D eigenvalue weighted by Gasteiger charge is -2.25. The predicted octanol–water partition coefficient (Wildman–Crippen LogP) is -2.41. The van der Waals surface area contributed by atoms with Crippen molar-refractivity contribution < 1.29 is 43.1 Å². The molecule has 0 radical (unpaired) electrons. The molecule has 4 N–H and O–H groups in total. The van der Waals surface area contributed by atoms with Crippen molar-refractivity contribution in [1.29, 1.82) is 0 Å². The molecule has 2 unspecified atom stereocenters. The fraction of sp³-hybridized carbons (Fsp3) is 0.500.